The fourth-order valence-corrected chi connectivity index (χ4v) is 13.5. The molecule has 14 unspecified atom stereocenters. The summed E-state index contributed by atoms with van der Waals surface area (Å²) in [6.45, 7) is 17.0. The summed E-state index contributed by atoms with van der Waals surface area (Å²) >= 11 is 0. The van der Waals surface area contributed by atoms with Gasteiger partial charge < -0.3 is 29.5 Å². The van der Waals surface area contributed by atoms with Gasteiger partial charge in [0, 0.05) is 6.42 Å². The van der Waals surface area contributed by atoms with Gasteiger partial charge in [-0.15, -0.1) is 0 Å². The Morgan fingerprint density at radius 2 is 1.48 bits per heavy atom. The molecule has 352 valence electrons. The van der Waals surface area contributed by atoms with Crippen molar-refractivity contribution in [3.05, 3.63) is 23.8 Å². The fourth-order valence-electron chi connectivity index (χ4n) is 13.5. The van der Waals surface area contributed by atoms with E-state index in [2.05, 4.69) is 66.7 Å². The highest BCUT2D eigenvalue weighted by Crippen LogP contribution is 2.67. The quantitative estimate of drug-likeness (QED) is 0.0452. The van der Waals surface area contributed by atoms with Crippen molar-refractivity contribution in [2.45, 2.75) is 252 Å². The molecule has 5 rings (SSSR count). The molecule has 5 aliphatic rings. The van der Waals surface area contributed by atoms with Crippen molar-refractivity contribution in [2.24, 2.45) is 52.3 Å². The average Bonchev–Trinajstić information content (AvgIpc) is 3.60. The molecule has 0 aromatic heterocycles. The van der Waals surface area contributed by atoms with Gasteiger partial charge in [-0.05, 0) is 142 Å². The second-order valence-corrected chi connectivity index (χ2v) is 21.8. The average molecular weight is 855 g/mol. The van der Waals surface area contributed by atoms with Gasteiger partial charge in [0.05, 0.1) is 6.10 Å². The molecular formula is C54H94O7. The molecule has 4 aliphatic carbocycles. The molecule has 0 aromatic rings. The SMILES string of the molecule is CCCCCCCCC/C=C\CCCCCCCC(=O)OCC1OC(OC2CCC3(C)C(=CCC4C3CCC3(C)C(C(C)CCC(CC)C(C)C)CCC43)C2)C(O)C(O)C1O. The van der Waals surface area contributed by atoms with Gasteiger partial charge in [-0.3, -0.25) is 4.79 Å². The standard InChI is InChI=1S/C54H94O7/c1-8-10-11-12-13-14-15-16-17-18-19-20-21-22-23-24-25-48(55)59-37-47-49(56)50(57)51(58)52(61-47)60-42-32-34-53(6)41(36-42)28-29-43-45-31-30-44(54(45,7)35-33-46(43)53)39(5)26-27-40(9-2)38(3)4/h17-18,28,38-40,42-47,49-52,56-58H,8-16,19-27,29-37H2,1-7H3/b18-17-. The van der Waals surface area contributed by atoms with Crippen molar-refractivity contribution in [3.8, 4) is 0 Å². The van der Waals surface area contributed by atoms with E-state index in [0.717, 1.165) is 93.3 Å². The van der Waals surface area contributed by atoms with Crippen LogP contribution in [-0.2, 0) is 19.0 Å². The third kappa shape index (κ3) is 13.4. The second kappa shape index (κ2) is 24.9. The number of carbonyl (C=O) groups excluding carboxylic acids is 1. The lowest BCUT2D eigenvalue weighted by molar-refractivity contribution is -0.313. The molecule has 0 aromatic carbocycles. The van der Waals surface area contributed by atoms with Crippen LogP contribution < -0.4 is 0 Å². The van der Waals surface area contributed by atoms with E-state index < -0.39 is 30.7 Å². The van der Waals surface area contributed by atoms with Crippen molar-refractivity contribution in [1.29, 1.82) is 0 Å². The van der Waals surface area contributed by atoms with Gasteiger partial charge in [0.25, 0.3) is 0 Å². The number of unbranched alkanes of at least 4 members (excludes halogenated alkanes) is 12. The third-order valence-electron chi connectivity index (χ3n) is 17.6. The summed E-state index contributed by atoms with van der Waals surface area (Å²) in [6.07, 6.45) is 31.6. The predicted octanol–water partition coefficient (Wildman–Crippen LogP) is 12.8. The van der Waals surface area contributed by atoms with Gasteiger partial charge in [-0.1, -0.05) is 143 Å². The number of hydrogen-bond acceptors (Lipinski definition) is 7. The molecule has 7 heteroatoms. The molecule has 0 radical (unpaired) electrons. The molecular weight excluding hydrogens is 761 g/mol. The van der Waals surface area contributed by atoms with Crippen LogP contribution in [0.3, 0.4) is 0 Å². The van der Waals surface area contributed by atoms with E-state index in [9.17, 15) is 20.1 Å². The number of fused-ring (bicyclic) bond motifs is 5. The Morgan fingerprint density at radius 1 is 0.803 bits per heavy atom. The predicted molar refractivity (Wildman–Crippen MR) is 249 cm³/mol. The summed E-state index contributed by atoms with van der Waals surface area (Å²) < 4.78 is 18.1. The first kappa shape index (κ1) is 50.7. The highest BCUT2D eigenvalue weighted by atomic mass is 16.7. The summed E-state index contributed by atoms with van der Waals surface area (Å²) in [5, 5.41) is 32.6. The first-order valence-corrected chi connectivity index (χ1v) is 26.2. The minimum Gasteiger partial charge on any atom is -0.463 e. The third-order valence-corrected chi connectivity index (χ3v) is 17.6. The summed E-state index contributed by atoms with van der Waals surface area (Å²) in [7, 11) is 0. The molecule has 1 heterocycles. The van der Waals surface area contributed by atoms with Crippen LogP contribution in [-0.4, -0.2) is 64.7 Å². The topological polar surface area (TPSA) is 105 Å². The second-order valence-electron chi connectivity index (χ2n) is 21.8. The molecule has 4 fully saturated rings. The highest BCUT2D eigenvalue weighted by Gasteiger charge is 2.59. The lowest BCUT2D eigenvalue weighted by atomic mass is 9.47. The fraction of sp³-hybridized carbons (Fsp3) is 0.907. The molecule has 0 bridgehead atoms. The zero-order valence-electron chi connectivity index (χ0n) is 40.3. The van der Waals surface area contributed by atoms with Crippen LogP contribution in [0.1, 0.15) is 215 Å². The van der Waals surface area contributed by atoms with E-state index in [1.807, 2.05) is 0 Å². The maximum atomic E-state index is 12.6. The zero-order valence-corrected chi connectivity index (χ0v) is 40.3. The maximum absolute atomic E-state index is 12.6. The number of carbonyl (C=O) groups is 1. The zero-order chi connectivity index (χ0) is 44.0. The van der Waals surface area contributed by atoms with Gasteiger partial charge in [-0.2, -0.15) is 0 Å². The summed E-state index contributed by atoms with van der Waals surface area (Å²) in [6, 6.07) is 0. The van der Waals surface area contributed by atoms with Crippen LogP contribution in [0.5, 0.6) is 0 Å². The summed E-state index contributed by atoms with van der Waals surface area (Å²) in [4.78, 5) is 12.6. The minimum absolute atomic E-state index is 0.143. The van der Waals surface area contributed by atoms with Crippen molar-refractivity contribution < 1.29 is 34.3 Å². The van der Waals surface area contributed by atoms with Crippen LogP contribution >= 0.6 is 0 Å². The van der Waals surface area contributed by atoms with Crippen LogP contribution in [0.4, 0.5) is 0 Å². The van der Waals surface area contributed by atoms with E-state index >= 15 is 0 Å². The molecule has 1 saturated heterocycles. The van der Waals surface area contributed by atoms with E-state index in [0.29, 0.717) is 17.8 Å². The van der Waals surface area contributed by atoms with E-state index in [-0.39, 0.29) is 24.1 Å². The molecule has 61 heavy (non-hydrogen) atoms. The Kier molecular flexibility index (Phi) is 20.7. The normalized spacial score (nSPS) is 36.0. The Morgan fingerprint density at radius 3 is 2.15 bits per heavy atom. The summed E-state index contributed by atoms with van der Waals surface area (Å²) in [5.41, 5.74) is 2.12. The van der Waals surface area contributed by atoms with Crippen LogP contribution in [0, 0.1) is 52.3 Å². The van der Waals surface area contributed by atoms with Crippen LogP contribution in [0.2, 0.25) is 0 Å². The first-order valence-electron chi connectivity index (χ1n) is 26.2. The Balaban J connectivity index is 1.01. The Bertz CT molecular complexity index is 1340. The first-order chi connectivity index (χ1) is 29.3. The number of ether oxygens (including phenoxy) is 3. The molecule has 3 saturated carbocycles. The molecule has 1 aliphatic heterocycles. The van der Waals surface area contributed by atoms with Gasteiger partial charge >= 0.3 is 5.97 Å². The van der Waals surface area contributed by atoms with Crippen molar-refractivity contribution >= 4 is 5.97 Å². The molecule has 3 N–H and O–H groups in total. The number of aliphatic hydroxyl groups excluding tert-OH is 3. The largest absolute Gasteiger partial charge is 0.463 e. The molecule has 7 nitrogen and oxygen atoms in total. The lowest BCUT2D eigenvalue weighted by Gasteiger charge is -2.58. The van der Waals surface area contributed by atoms with Gasteiger partial charge in [0.2, 0.25) is 0 Å². The van der Waals surface area contributed by atoms with Gasteiger partial charge in [-0.25, -0.2) is 0 Å². The highest BCUT2D eigenvalue weighted by molar-refractivity contribution is 5.69. The minimum atomic E-state index is -1.45. The number of aliphatic hydroxyl groups is 3. The van der Waals surface area contributed by atoms with E-state index in [1.54, 1.807) is 0 Å². The van der Waals surface area contributed by atoms with Crippen molar-refractivity contribution in [3.63, 3.8) is 0 Å². The number of hydrogen-bond donors (Lipinski definition) is 3. The lowest BCUT2D eigenvalue weighted by Crippen LogP contribution is -2.60. The maximum Gasteiger partial charge on any atom is 0.305 e. The number of allylic oxidation sites excluding steroid dienone is 3. The Hall–Kier alpha value is -1.25. The smallest absolute Gasteiger partial charge is 0.305 e. The number of rotatable bonds is 26. The van der Waals surface area contributed by atoms with E-state index in [1.165, 1.54) is 108 Å². The van der Waals surface area contributed by atoms with Crippen molar-refractivity contribution in [2.75, 3.05) is 6.61 Å². The van der Waals surface area contributed by atoms with Crippen molar-refractivity contribution in [1.82, 2.24) is 0 Å². The van der Waals surface area contributed by atoms with E-state index in [4.69, 9.17) is 14.2 Å². The molecule has 0 spiro atoms. The Labute approximate surface area is 374 Å². The van der Waals surface area contributed by atoms with Crippen LogP contribution in [0.25, 0.3) is 0 Å². The van der Waals surface area contributed by atoms with Gasteiger partial charge in [0.1, 0.15) is 31.0 Å². The summed E-state index contributed by atoms with van der Waals surface area (Å²) in [5.74, 6) is 5.21. The number of esters is 1. The van der Waals surface area contributed by atoms with Gasteiger partial charge in [0.15, 0.2) is 6.29 Å². The monoisotopic (exact) mass is 855 g/mol. The molecule has 0 amide bonds. The van der Waals surface area contributed by atoms with Crippen LogP contribution in [0.15, 0.2) is 23.8 Å². The molecule has 14 atom stereocenters.